The molecule has 0 saturated heterocycles. The minimum absolute atomic E-state index is 0.502. The summed E-state index contributed by atoms with van der Waals surface area (Å²) in [7, 11) is 0. The Balaban J connectivity index is 2.09. The van der Waals surface area contributed by atoms with Gasteiger partial charge in [-0.2, -0.15) is 0 Å². The van der Waals surface area contributed by atoms with Crippen LogP contribution in [-0.4, -0.2) is 10.9 Å². The predicted molar refractivity (Wildman–Crippen MR) is 88.9 cm³/mol. The first-order valence-corrected chi connectivity index (χ1v) is 8.06. The van der Waals surface area contributed by atoms with Gasteiger partial charge in [-0.05, 0) is 44.0 Å². The Kier molecular flexibility index (Phi) is 5.21. The van der Waals surface area contributed by atoms with E-state index in [2.05, 4.69) is 49.9 Å². The van der Waals surface area contributed by atoms with Gasteiger partial charge in [-0.3, -0.25) is 4.90 Å². The number of anilines is 1. The number of thiophene rings is 1. The van der Waals surface area contributed by atoms with E-state index in [0.717, 1.165) is 25.2 Å². The summed E-state index contributed by atoms with van der Waals surface area (Å²) in [6.45, 7) is 8.60. The lowest BCUT2D eigenvalue weighted by Crippen LogP contribution is -2.29. The van der Waals surface area contributed by atoms with Gasteiger partial charge in [0.05, 0.1) is 0 Å². The molecule has 3 heteroatoms. The Hall–Kier alpha value is -1.32. The van der Waals surface area contributed by atoms with Gasteiger partial charge in [-0.25, -0.2) is 0 Å². The van der Waals surface area contributed by atoms with E-state index in [9.17, 15) is 0 Å². The second-order valence-electron chi connectivity index (χ2n) is 5.42. The molecule has 0 aliphatic rings. The summed E-state index contributed by atoms with van der Waals surface area (Å²) in [5.41, 5.74) is 8.17. The van der Waals surface area contributed by atoms with Crippen LogP contribution in [0.5, 0.6) is 0 Å². The van der Waals surface area contributed by atoms with Crippen LogP contribution in [0.1, 0.15) is 36.1 Å². The molecule has 0 aliphatic heterocycles. The Labute approximate surface area is 126 Å². The molecule has 1 aromatic carbocycles. The van der Waals surface area contributed by atoms with Crippen LogP contribution in [0.25, 0.3) is 0 Å². The quantitative estimate of drug-likeness (QED) is 0.803. The lowest BCUT2D eigenvalue weighted by Gasteiger charge is -2.26. The van der Waals surface area contributed by atoms with E-state index in [-0.39, 0.29) is 0 Å². The third-order valence-electron chi connectivity index (χ3n) is 3.58. The van der Waals surface area contributed by atoms with E-state index in [1.54, 1.807) is 0 Å². The topological polar surface area (TPSA) is 29.3 Å². The molecule has 108 valence electrons. The van der Waals surface area contributed by atoms with E-state index in [4.69, 9.17) is 5.73 Å². The van der Waals surface area contributed by atoms with Gasteiger partial charge < -0.3 is 5.73 Å². The number of nitrogens with two attached hydrogens (primary N) is 1. The smallest absolute Gasteiger partial charge is 0.0359 e. The lowest BCUT2D eigenvalue weighted by atomic mass is 10.1. The summed E-state index contributed by atoms with van der Waals surface area (Å²) in [5.74, 6) is 0. The number of hydrogen-bond acceptors (Lipinski definition) is 3. The van der Waals surface area contributed by atoms with E-state index < -0.39 is 0 Å². The molecule has 0 amide bonds. The molecular formula is C17H24N2S. The van der Waals surface area contributed by atoms with Crippen LogP contribution in [0.15, 0.2) is 36.4 Å². The molecule has 2 aromatic rings. The van der Waals surface area contributed by atoms with Crippen molar-refractivity contribution in [3.8, 4) is 0 Å². The van der Waals surface area contributed by atoms with Crippen molar-refractivity contribution < 1.29 is 0 Å². The van der Waals surface area contributed by atoms with Crippen molar-refractivity contribution in [1.29, 1.82) is 0 Å². The molecule has 2 nitrogen and oxygen atoms in total. The number of benzene rings is 1. The lowest BCUT2D eigenvalue weighted by molar-refractivity contribution is 0.206. The van der Waals surface area contributed by atoms with Gasteiger partial charge >= 0.3 is 0 Å². The van der Waals surface area contributed by atoms with Crippen molar-refractivity contribution in [1.82, 2.24) is 4.90 Å². The normalized spacial score (nSPS) is 11.4. The molecule has 1 heterocycles. The monoisotopic (exact) mass is 288 g/mol. The minimum atomic E-state index is 0.502. The summed E-state index contributed by atoms with van der Waals surface area (Å²) in [5, 5.41) is 0. The summed E-state index contributed by atoms with van der Waals surface area (Å²) < 4.78 is 0. The molecule has 0 saturated carbocycles. The second-order valence-corrected chi connectivity index (χ2v) is 6.67. The summed E-state index contributed by atoms with van der Waals surface area (Å²) in [6.07, 6.45) is 1.12. The number of hydrogen-bond donors (Lipinski definition) is 1. The van der Waals surface area contributed by atoms with Crippen LogP contribution >= 0.6 is 11.3 Å². The first-order chi connectivity index (χ1) is 9.60. The number of nitrogen functional groups attached to an aromatic ring is 1. The van der Waals surface area contributed by atoms with Gasteiger partial charge in [-0.1, -0.05) is 25.1 Å². The highest BCUT2D eigenvalue weighted by molar-refractivity contribution is 7.11. The van der Waals surface area contributed by atoms with Crippen molar-refractivity contribution in [3.05, 3.63) is 51.7 Å². The van der Waals surface area contributed by atoms with Crippen molar-refractivity contribution >= 4 is 17.0 Å². The standard InChI is InChI=1S/C17H24N2S/c1-4-15-9-10-16(20-15)12-19(13(2)3)11-14-7-5-6-8-17(14)18/h5-10,13H,4,11-12,18H2,1-3H3. The van der Waals surface area contributed by atoms with Crippen LogP contribution in [-0.2, 0) is 19.5 Å². The second kappa shape index (κ2) is 6.91. The average molecular weight is 288 g/mol. The molecule has 20 heavy (non-hydrogen) atoms. The summed E-state index contributed by atoms with van der Waals surface area (Å²) in [4.78, 5) is 5.37. The zero-order chi connectivity index (χ0) is 14.5. The van der Waals surface area contributed by atoms with Gasteiger partial charge in [0, 0.05) is 34.6 Å². The molecule has 0 atom stereocenters. The van der Waals surface area contributed by atoms with Crippen LogP contribution < -0.4 is 5.73 Å². The Morgan fingerprint density at radius 2 is 1.75 bits per heavy atom. The first kappa shape index (κ1) is 15.1. The van der Waals surface area contributed by atoms with E-state index in [0.29, 0.717) is 6.04 Å². The molecular weight excluding hydrogens is 264 g/mol. The van der Waals surface area contributed by atoms with Gasteiger partial charge in [0.1, 0.15) is 0 Å². The van der Waals surface area contributed by atoms with E-state index >= 15 is 0 Å². The molecule has 0 unspecified atom stereocenters. The highest BCUT2D eigenvalue weighted by Crippen LogP contribution is 2.22. The van der Waals surface area contributed by atoms with Gasteiger partial charge in [0.15, 0.2) is 0 Å². The van der Waals surface area contributed by atoms with Crippen LogP contribution in [0, 0.1) is 0 Å². The van der Waals surface area contributed by atoms with Crippen LogP contribution in [0.3, 0.4) is 0 Å². The minimum Gasteiger partial charge on any atom is -0.398 e. The molecule has 1 aromatic heterocycles. The van der Waals surface area contributed by atoms with Crippen LogP contribution in [0.2, 0.25) is 0 Å². The fourth-order valence-corrected chi connectivity index (χ4v) is 3.20. The third-order valence-corrected chi connectivity index (χ3v) is 4.80. The fraction of sp³-hybridized carbons (Fsp3) is 0.412. The molecule has 0 radical (unpaired) electrons. The van der Waals surface area contributed by atoms with E-state index in [1.807, 2.05) is 23.5 Å². The third kappa shape index (κ3) is 3.84. The Morgan fingerprint density at radius 3 is 2.35 bits per heavy atom. The average Bonchev–Trinajstić information content (AvgIpc) is 2.88. The van der Waals surface area contributed by atoms with Gasteiger partial charge in [0.2, 0.25) is 0 Å². The fourth-order valence-electron chi connectivity index (χ4n) is 2.22. The summed E-state index contributed by atoms with van der Waals surface area (Å²) in [6, 6.07) is 13.2. The van der Waals surface area contributed by atoms with Crippen LogP contribution in [0.4, 0.5) is 5.69 Å². The predicted octanol–water partition coefficient (Wildman–Crippen LogP) is 4.30. The Bertz CT molecular complexity index is 545. The number of rotatable bonds is 6. The first-order valence-electron chi connectivity index (χ1n) is 7.25. The maximum absolute atomic E-state index is 6.06. The van der Waals surface area contributed by atoms with Crippen molar-refractivity contribution in [3.63, 3.8) is 0 Å². The van der Waals surface area contributed by atoms with Crippen molar-refractivity contribution in [2.45, 2.75) is 46.3 Å². The van der Waals surface area contributed by atoms with Crippen molar-refractivity contribution in [2.24, 2.45) is 0 Å². The highest BCUT2D eigenvalue weighted by atomic mass is 32.1. The molecule has 0 aliphatic carbocycles. The number of para-hydroxylation sites is 1. The number of nitrogens with zero attached hydrogens (tertiary/aromatic N) is 1. The molecule has 2 N–H and O–H groups in total. The molecule has 2 rings (SSSR count). The van der Waals surface area contributed by atoms with E-state index in [1.165, 1.54) is 15.3 Å². The number of aryl methyl sites for hydroxylation is 1. The van der Waals surface area contributed by atoms with Crippen molar-refractivity contribution in [2.75, 3.05) is 5.73 Å². The summed E-state index contributed by atoms with van der Waals surface area (Å²) >= 11 is 1.92. The SMILES string of the molecule is CCc1ccc(CN(Cc2ccccc2N)C(C)C)s1. The highest BCUT2D eigenvalue weighted by Gasteiger charge is 2.13. The largest absolute Gasteiger partial charge is 0.398 e. The van der Waals surface area contributed by atoms with Gasteiger partial charge in [0.25, 0.3) is 0 Å². The van der Waals surface area contributed by atoms with Gasteiger partial charge in [-0.15, -0.1) is 11.3 Å². The zero-order valence-corrected chi connectivity index (χ0v) is 13.4. The maximum Gasteiger partial charge on any atom is 0.0359 e. The molecule has 0 bridgehead atoms. The maximum atomic E-state index is 6.06. The zero-order valence-electron chi connectivity index (χ0n) is 12.6. The molecule has 0 fully saturated rings. The Morgan fingerprint density at radius 1 is 1.05 bits per heavy atom. The molecule has 0 spiro atoms.